The molecule has 8 nitrogen and oxygen atoms in total. The first-order valence-corrected chi connectivity index (χ1v) is 17.7. The third-order valence-electron chi connectivity index (χ3n) is 9.34. The molecule has 226 valence electrons. The van der Waals surface area contributed by atoms with Crippen LogP contribution in [0.3, 0.4) is 0 Å². The summed E-state index contributed by atoms with van der Waals surface area (Å²) in [5.41, 5.74) is 4.15. The fraction of sp³-hybridized carbons (Fsp3) is 0.500. The maximum absolute atomic E-state index is 13.4. The average molecular weight is 621 g/mol. The van der Waals surface area contributed by atoms with Gasteiger partial charge in [0.15, 0.2) is 9.84 Å². The summed E-state index contributed by atoms with van der Waals surface area (Å²) in [5, 5.41) is 8.02. The first-order chi connectivity index (χ1) is 20.6. The fourth-order valence-electron chi connectivity index (χ4n) is 6.39. The van der Waals surface area contributed by atoms with Crippen LogP contribution in [-0.4, -0.2) is 46.7 Å². The van der Waals surface area contributed by atoms with E-state index in [-0.39, 0.29) is 22.6 Å². The number of anilines is 2. The zero-order valence-corrected chi connectivity index (χ0v) is 26.4. The molecule has 0 amide bonds. The van der Waals surface area contributed by atoms with Gasteiger partial charge in [0, 0.05) is 24.7 Å². The van der Waals surface area contributed by atoms with E-state index in [0.717, 1.165) is 70.2 Å². The predicted octanol–water partition coefficient (Wildman–Crippen LogP) is 6.99. The molecular weight excluding hydrogens is 584 g/mol. The van der Waals surface area contributed by atoms with Crippen molar-refractivity contribution >= 4 is 43.2 Å². The Morgan fingerprint density at radius 3 is 2.53 bits per heavy atom. The summed E-state index contributed by atoms with van der Waals surface area (Å²) in [6.45, 7) is 7.40. The van der Waals surface area contributed by atoms with Gasteiger partial charge in [0.25, 0.3) is 0 Å². The van der Waals surface area contributed by atoms with Crippen LogP contribution >= 0.6 is 11.3 Å². The highest BCUT2D eigenvalue weighted by atomic mass is 32.2. The number of fused-ring (bicyclic) bond motifs is 1. The van der Waals surface area contributed by atoms with Crippen LogP contribution < -0.4 is 10.6 Å². The van der Waals surface area contributed by atoms with Gasteiger partial charge < -0.3 is 10.6 Å². The van der Waals surface area contributed by atoms with Gasteiger partial charge in [-0.05, 0) is 93.0 Å². The number of rotatable bonds is 10. The highest BCUT2D eigenvalue weighted by Crippen LogP contribution is 2.51. The van der Waals surface area contributed by atoms with Crippen LogP contribution in [-0.2, 0) is 9.84 Å². The van der Waals surface area contributed by atoms with E-state index in [1.165, 1.54) is 30.7 Å². The van der Waals surface area contributed by atoms with E-state index < -0.39 is 15.7 Å². The van der Waals surface area contributed by atoms with Gasteiger partial charge in [0.05, 0.1) is 32.3 Å². The van der Waals surface area contributed by atoms with E-state index in [0.29, 0.717) is 29.6 Å². The van der Waals surface area contributed by atoms with Crippen LogP contribution in [0, 0.1) is 30.0 Å². The molecule has 4 aromatic rings. The summed E-state index contributed by atoms with van der Waals surface area (Å²) >= 11 is 1.64. The Hall–Kier alpha value is -3.18. The fourth-order valence-corrected chi connectivity index (χ4v) is 9.12. The van der Waals surface area contributed by atoms with Crippen LogP contribution in [0.4, 0.5) is 16.2 Å². The quantitative estimate of drug-likeness (QED) is 0.183. The minimum absolute atomic E-state index is 0.00301. The zero-order valence-electron chi connectivity index (χ0n) is 24.7. The van der Waals surface area contributed by atoms with Crippen molar-refractivity contribution in [1.82, 2.24) is 19.9 Å². The molecule has 11 heteroatoms. The first kappa shape index (κ1) is 28.6. The lowest BCUT2D eigenvalue weighted by Gasteiger charge is -2.19. The topological polar surface area (TPSA) is 110 Å². The Morgan fingerprint density at radius 2 is 1.81 bits per heavy atom. The minimum Gasteiger partial charge on any atom is -0.367 e. The monoisotopic (exact) mass is 620 g/mol. The smallest absolute Gasteiger partial charge is 0.224 e. The van der Waals surface area contributed by atoms with Crippen LogP contribution in [0.15, 0.2) is 41.4 Å². The second-order valence-electron chi connectivity index (χ2n) is 13.2. The number of nitrogens with one attached hydrogen (secondary N) is 2. The number of benzene rings is 1. The largest absolute Gasteiger partial charge is 0.367 e. The Bertz CT molecular complexity index is 1790. The molecule has 0 bridgehead atoms. The van der Waals surface area contributed by atoms with Crippen LogP contribution in [0.25, 0.3) is 20.8 Å². The Balaban J connectivity index is 1.15. The molecule has 3 saturated carbocycles. The highest BCUT2D eigenvalue weighted by Gasteiger charge is 2.45. The molecule has 0 saturated heterocycles. The molecule has 3 unspecified atom stereocenters. The lowest BCUT2D eigenvalue weighted by molar-refractivity contribution is 0.555. The van der Waals surface area contributed by atoms with Crippen molar-refractivity contribution < 1.29 is 12.8 Å². The molecule has 1 aromatic carbocycles. The molecule has 3 aromatic heterocycles. The van der Waals surface area contributed by atoms with Gasteiger partial charge in [-0.2, -0.15) is 4.98 Å². The number of pyridine rings is 1. The Kier molecular flexibility index (Phi) is 7.16. The molecule has 2 N–H and O–H groups in total. The van der Waals surface area contributed by atoms with Gasteiger partial charge in [-0.1, -0.05) is 13.8 Å². The summed E-state index contributed by atoms with van der Waals surface area (Å²) in [7, 11) is -3.51. The van der Waals surface area contributed by atoms with E-state index in [1.54, 1.807) is 11.3 Å². The normalized spacial score (nSPS) is 23.0. The number of aryl methyl sites for hydroxylation is 1. The van der Waals surface area contributed by atoms with Gasteiger partial charge in [-0.15, -0.1) is 11.3 Å². The van der Waals surface area contributed by atoms with E-state index in [2.05, 4.69) is 29.5 Å². The molecule has 0 spiro atoms. The molecule has 3 aliphatic carbocycles. The molecule has 3 aliphatic rings. The molecule has 7 rings (SSSR count). The van der Waals surface area contributed by atoms with Crippen molar-refractivity contribution in [2.75, 3.05) is 22.9 Å². The third kappa shape index (κ3) is 5.98. The van der Waals surface area contributed by atoms with Crippen LogP contribution in [0.5, 0.6) is 0 Å². The van der Waals surface area contributed by atoms with Crippen LogP contribution in [0.2, 0.25) is 0 Å². The second kappa shape index (κ2) is 10.8. The number of aromatic nitrogens is 4. The van der Waals surface area contributed by atoms with Crippen LogP contribution in [0.1, 0.15) is 69.7 Å². The van der Waals surface area contributed by atoms with Gasteiger partial charge in [-0.3, -0.25) is 4.98 Å². The van der Waals surface area contributed by atoms with Crippen molar-refractivity contribution in [2.45, 2.75) is 76.2 Å². The van der Waals surface area contributed by atoms with Gasteiger partial charge in [-0.25, -0.2) is 22.8 Å². The molecular formula is C32H37FN6O2S2. The number of nitrogens with zero attached hydrogens (tertiary/aromatic N) is 4. The molecule has 3 fully saturated rings. The van der Waals surface area contributed by atoms with Crippen molar-refractivity contribution in [2.24, 2.45) is 17.3 Å². The van der Waals surface area contributed by atoms with E-state index in [9.17, 15) is 12.8 Å². The zero-order chi connectivity index (χ0) is 29.9. The van der Waals surface area contributed by atoms with Gasteiger partial charge in [0.1, 0.15) is 22.2 Å². The molecule has 43 heavy (non-hydrogen) atoms. The molecule has 3 atom stereocenters. The Morgan fingerprint density at radius 1 is 1.05 bits per heavy atom. The number of sulfone groups is 1. The van der Waals surface area contributed by atoms with Gasteiger partial charge in [0.2, 0.25) is 5.95 Å². The lowest BCUT2D eigenvalue weighted by atomic mass is 10.1. The summed E-state index contributed by atoms with van der Waals surface area (Å²) in [4.78, 5) is 19.8. The van der Waals surface area contributed by atoms with Crippen molar-refractivity contribution in [1.29, 1.82) is 0 Å². The SMILES string of the molecule is Cc1nc(NCC2CC2(C)C)nc(NC2CCC(CS(=O)(=O)c3ccc(F)cc3)C2)c1-c1nc2c(C3CC3)nccc2s1. The second-order valence-corrected chi connectivity index (χ2v) is 16.3. The average Bonchev–Trinajstić information content (AvgIpc) is 3.79. The van der Waals surface area contributed by atoms with E-state index >= 15 is 0 Å². The van der Waals surface area contributed by atoms with E-state index in [4.69, 9.17) is 15.0 Å². The lowest BCUT2D eigenvalue weighted by Crippen LogP contribution is -2.21. The first-order valence-electron chi connectivity index (χ1n) is 15.2. The van der Waals surface area contributed by atoms with E-state index in [1.807, 2.05) is 19.2 Å². The standard InChI is InChI=1S/C32H37FN6O2S2/c1-18-26(30-38-28-25(42-30)12-13-34-27(28)20-5-6-20)29(39-31(36-18)35-16-21-15-32(21,2)3)37-23-9-4-19(14-23)17-43(40,41)24-10-7-22(33)8-11-24/h7-8,10-13,19-21,23H,4-6,9,14-17H2,1-3H3,(H2,35,36,37,39). The summed E-state index contributed by atoms with van der Waals surface area (Å²) in [6.07, 6.45) is 7.72. The maximum Gasteiger partial charge on any atom is 0.224 e. The van der Waals surface area contributed by atoms with Crippen molar-refractivity contribution in [3.63, 3.8) is 0 Å². The van der Waals surface area contributed by atoms with Crippen molar-refractivity contribution in [3.8, 4) is 10.6 Å². The number of thiazole rings is 1. The summed E-state index contributed by atoms with van der Waals surface area (Å²) in [6, 6.07) is 7.20. The molecule has 0 aliphatic heterocycles. The highest BCUT2D eigenvalue weighted by molar-refractivity contribution is 7.91. The molecule has 0 radical (unpaired) electrons. The Labute approximate surface area is 255 Å². The number of halogens is 1. The third-order valence-corrected chi connectivity index (χ3v) is 12.3. The van der Waals surface area contributed by atoms with Gasteiger partial charge >= 0.3 is 0 Å². The predicted molar refractivity (Wildman–Crippen MR) is 169 cm³/mol. The molecule has 3 heterocycles. The maximum atomic E-state index is 13.4. The summed E-state index contributed by atoms with van der Waals surface area (Å²) in [5.74, 6) is 2.03. The van der Waals surface area contributed by atoms with Crippen molar-refractivity contribution in [3.05, 3.63) is 53.7 Å². The number of hydrogen-bond donors (Lipinski definition) is 2. The summed E-state index contributed by atoms with van der Waals surface area (Å²) < 4.78 is 40.6. The minimum atomic E-state index is -3.51. The number of hydrogen-bond acceptors (Lipinski definition) is 9.